The summed E-state index contributed by atoms with van der Waals surface area (Å²) >= 11 is 26.8. The van der Waals surface area contributed by atoms with Gasteiger partial charge in [-0.1, -0.05) is 84.5 Å². The molecule has 0 aliphatic carbocycles. The first kappa shape index (κ1) is 25.6. The third-order valence-electron chi connectivity index (χ3n) is 7.73. The van der Waals surface area contributed by atoms with Gasteiger partial charge >= 0.3 is 5.97 Å². The number of ether oxygens (including phenoxy) is 1. The highest BCUT2D eigenvalue weighted by molar-refractivity contribution is 6.53. The lowest BCUT2D eigenvalue weighted by Crippen LogP contribution is -2.31. The maximum absolute atomic E-state index is 13.8. The number of esters is 1. The normalized spacial score (nSPS) is 14.5. The number of aromatic nitrogens is 2. The Morgan fingerprint density at radius 1 is 0.711 bits per heavy atom. The summed E-state index contributed by atoms with van der Waals surface area (Å²) in [6.45, 7) is 8.18. The smallest absolute Gasteiger partial charge is 0.341 e. The monoisotopic (exact) mass is 584 g/mol. The first-order chi connectivity index (χ1) is 18.2. The van der Waals surface area contributed by atoms with Gasteiger partial charge in [0.25, 0.3) is 0 Å². The molecular weight excluding hydrogens is 562 g/mol. The van der Waals surface area contributed by atoms with Crippen molar-refractivity contribution < 1.29 is 9.53 Å². The Bertz CT molecular complexity index is 1730. The number of aryl methyl sites for hydroxylation is 4. The zero-order chi connectivity index (χ0) is 27.1. The summed E-state index contributed by atoms with van der Waals surface area (Å²) in [7, 11) is 0. The highest BCUT2D eigenvalue weighted by atomic mass is 35.5. The molecule has 194 valence electrons. The van der Waals surface area contributed by atoms with E-state index in [2.05, 4.69) is 35.9 Å². The minimum Gasteiger partial charge on any atom is -0.440 e. The molecule has 0 amide bonds. The van der Waals surface area contributed by atoms with Gasteiger partial charge in [0.05, 0.1) is 25.7 Å². The quantitative estimate of drug-likeness (QED) is 0.125. The number of hydrogen-bond acceptors (Lipinski definition) is 2. The molecule has 38 heavy (non-hydrogen) atoms. The van der Waals surface area contributed by atoms with Crippen molar-refractivity contribution in [1.82, 2.24) is 9.97 Å². The van der Waals surface area contributed by atoms with Crippen molar-refractivity contribution >= 4 is 74.2 Å². The molecule has 1 aliphatic heterocycles. The van der Waals surface area contributed by atoms with Gasteiger partial charge < -0.3 is 14.7 Å². The molecule has 6 rings (SSSR count). The number of benzene rings is 3. The van der Waals surface area contributed by atoms with E-state index >= 15 is 0 Å². The predicted octanol–water partition coefficient (Wildman–Crippen LogP) is 9.47. The maximum atomic E-state index is 13.8. The number of cyclic esters (lactones) is 1. The van der Waals surface area contributed by atoms with Crippen molar-refractivity contribution in [1.29, 1.82) is 0 Å². The van der Waals surface area contributed by atoms with E-state index in [-0.39, 0.29) is 25.7 Å². The van der Waals surface area contributed by atoms with Crippen LogP contribution < -0.4 is 0 Å². The molecule has 1 aliphatic rings. The summed E-state index contributed by atoms with van der Waals surface area (Å²) in [5, 5.41) is 2.25. The average Bonchev–Trinajstić information content (AvgIpc) is 3.53. The Morgan fingerprint density at radius 2 is 1.18 bits per heavy atom. The van der Waals surface area contributed by atoms with E-state index in [1.807, 2.05) is 38.1 Å². The Hall–Kier alpha value is -2.63. The van der Waals surface area contributed by atoms with Crippen LogP contribution in [0.25, 0.3) is 21.8 Å². The molecule has 2 aromatic heterocycles. The molecule has 0 saturated carbocycles. The number of halogens is 4. The Kier molecular flexibility index (Phi) is 6.04. The highest BCUT2D eigenvalue weighted by Crippen LogP contribution is 2.59. The van der Waals surface area contributed by atoms with Crippen LogP contribution in [-0.4, -0.2) is 15.9 Å². The second kappa shape index (κ2) is 8.96. The van der Waals surface area contributed by atoms with E-state index in [4.69, 9.17) is 51.1 Å². The van der Waals surface area contributed by atoms with Crippen molar-refractivity contribution in [2.24, 2.45) is 0 Å². The van der Waals surface area contributed by atoms with Gasteiger partial charge in [-0.15, -0.1) is 0 Å². The Morgan fingerprint density at radius 3 is 1.66 bits per heavy atom. The molecule has 0 spiro atoms. The number of nitrogens with one attached hydrogen (secondary N) is 2. The lowest BCUT2D eigenvalue weighted by atomic mass is 9.76. The summed E-state index contributed by atoms with van der Waals surface area (Å²) in [5.74, 6) is -0.601. The predicted molar refractivity (Wildman–Crippen MR) is 157 cm³/mol. The second-order valence-electron chi connectivity index (χ2n) is 9.71. The van der Waals surface area contributed by atoms with Crippen molar-refractivity contribution in [3.05, 3.63) is 101 Å². The lowest BCUT2D eigenvalue weighted by molar-refractivity contribution is 0.0257. The summed E-state index contributed by atoms with van der Waals surface area (Å²) in [6.07, 6.45) is 1.56. The number of fused-ring (bicyclic) bond motifs is 3. The number of aromatic amines is 2. The van der Waals surface area contributed by atoms with Gasteiger partial charge in [0.15, 0.2) is 5.60 Å². The van der Waals surface area contributed by atoms with E-state index in [1.165, 1.54) is 0 Å². The first-order valence-electron chi connectivity index (χ1n) is 12.5. The number of carbonyl (C=O) groups is 1. The minimum absolute atomic E-state index is 0.0274. The number of rotatable bonds is 4. The summed E-state index contributed by atoms with van der Waals surface area (Å²) in [4.78, 5) is 20.9. The summed E-state index contributed by atoms with van der Waals surface area (Å²) in [5.41, 5.74) is 6.53. The number of hydrogen-bond donors (Lipinski definition) is 2. The molecule has 0 bridgehead atoms. The van der Waals surface area contributed by atoms with Crippen LogP contribution in [0.4, 0.5) is 0 Å². The summed E-state index contributed by atoms with van der Waals surface area (Å²) in [6, 6.07) is 12.3. The van der Waals surface area contributed by atoms with E-state index in [1.54, 1.807) is 0 Å². The van der Waals surface area contributed by atoms with Crippen molar-refractivity contribution in [3.8, 4) is 0 Å². The number of carbonyl (C=O) groups excluding carboxylic acids is 1. The molecule has 0 unspecified atom stereocenters. The third-order valence-corrected chi connectivity index (χ3v) is 9.53. The average molecular weight is 586 g/mol. The van der Waals surface area contributed by atoms with Crippen LogP contribution in [0.2, 0.25) is 20.1 Å². The van der Waals surface area contributed by atoms with Crippen LogP contribution in [0.5, 0.6) is 0 Å². The molecule has 0 radical (unpaired) electrons. The van der Waals surface area contributed by atoms with Gasteiger partial charge in [0.1, 0.15) is 0 Å². The first-order valence-corrected chi connectivity index (χ1v) is 14.0. The van der Waals surface area contributed by atoms with Crippen molar-refractivity contribution in [2.75, 3.05) is 0 Å². The van der Waals surface area contributed by atoms with Gasteiger partial charge in [0, 0.05) is 49.9 Å². The molecule has 0 saturated heterocycles. The topological polar surface area (TPSA) is 57.9 Å². The van der Waals surface area contributed by atoms with Gasteiger partial charge in [-0.25, -0.2) is 4.79 Å². The minimum atomic E-state index is -1.44. The van der Waals surface area contributed by atoms with E-state index in [0.29, 0.717) is 5.56 Å². The standard InChI is InChI=1S/C30H24Cl4N2O2/c1-5-15-9-7-11-17-19(15)22(13(3)35-17)30(23-14(4)36-18-12-8-10-16(6-2)20(18)23)24-21(29(37)38-30)25(31)27(33)28(34)26(24)32/h7-12,35-36H,5-6H2,1-4H3. The van der Waals surface area contributed by atoms with Gasteiger partial charge in [-0.3, -0.25) is 0 Å². The number of H-pyrrole nitrogens is 2. The fourth-order valence-electron chi connectivity index (χ4n) is 6.24. The van der Waals surface area contributed by atoms with E-state index in [0.717, 1.165) is 68.3 Å². The fraction of sp³-hybridized carbons (Fsp3) is 0.233. The van der Waals surface area contributed by atoms with Crippen LogP contribution in [0, 0.1) is 13.8 Å². The van der Waals surface area contributed by atoms with E-state index in [9.17, 15) is 4.79 Å². The molecule has 8 heteroatoms. The van der Waals surface area contributed by atoms with Crippen molar-refractivity contribution in [2.45, 2.75) is 46.1 Å². The zero-order valence-corrected chi connectivity index (χ0v) is 24.2. The van der Waals surface area contributed by atoms with Gasteiger partial charge in [-0.05, 0) is 49.9 Å². The fourth-order valence-corrected chi connectivity index (χ4v) is 7.31. The highest BCUT2D eigenvalue weighted by Gasteiger charge is 2.56. The largest absolute Gasteiger partial charge is 0.440 e. The lowest BCUT2D eigenvalue weighted by Gasteiger charge is -2.32. The molecule has 0 atom stereocenters. The van der Waals surface area contributed by atoms with Crippen LogP contribution >= 0.6 is 46.4 Å². The molecular formula is C30H24Cl4N2O2. The van der Waals surface area contributed by atoms with E-state index < -0.39 is 11.6 Å². The molecule has 4 nitrogen and oxygen atoms in total. The van der Waals surface area contributed by atoms with Crippen molar-refractivity contribution in [3.63, 3.8) is 0 Å². The SMILES string of the molecule is CCc1cccc2[nH]c(C)c(C3(c4c(C)[nH]c5cccc(CC)c45)OC(=O)c4c(Cl)c(Cl)c(Cl)c(Cl)c43)c12. The molecule has 5 aromatic rings. The molecule has 2 N–H and O–H groups in total. The second-order valence-corrected chi connectivity index (χ2v) is 11.2. The van der Waals surface area contributed by atoms with Crippen LogP contribution in [0.3, 0.4) is 0 Å². The van der Waals surface area contributed by atoms with Crippen LogP contribution in [0.15, 0.2) is 36.4 Å². The Balaban J connectivity index is 1.92. The van der Waals surface area contributed by atoms with Gasteiger partial charge in [-0.2, -0.15) is 0 Å². The summed E-state index contributed by atoms with van der Waals surface area (Å²) < 4.78 is 6.59. The maximum Gasteiger partial charge on any atom is 0.341 e. The third kappa shape index (κ3) is 3.21. The molecule has 3 aromatic carbocycles. The molecule has 3 heterocycles. The van der Waals surface area contributed by atoms with Crippen LogP contribution in [-0.2, 0) is 23.2 Å². The van der Waals surface area contributed by atoms with Crippen LogP contribution in [0.1, 0.15) is 63.4 Å². The Labute approximate surface area is 240 Å². The van der Waals surface area contributed by atoms with Gasteiger partial charge in [0.2, 0.25) is 0 Å². The molecule has 0 fully saturated rings. The zero-order valence-electron chi connectivity index (χ0n) is 21.2.